The number of amides is 1. The molecule has 0 radical (unpaired) electrons. The maximum atomic E-state index is 13.2. The number of ether oxygens (including phenoxy) is 1. The average molecular weight is 365 g/mol. The van der Waals surface area contributed by atoms with E-state index in [0.29, 0.717) is 30.2 Å². The van der Waals surface area contributed by atoms with Crippen LogP contribution in [0.4, 0.5) is 0 Å². The molecule has 2 aromatic heterocycles. The van der Waals surface area contributed by atoms with Crippen LogP contribution in [0.2, 0.25) is 0 Å². The van der Waals surface area contributed by atoms with Gasteiger partial charge in [-0.3, -0.25) is 14.6 Å². The van der Waals surface area contributed by atoms with Crippen molar-refractivity contribution in [3.63, 3.8) is 0 Å². The first-order chi connectivity index (χ1) is 13.2. The van der Waals surface area contributed by atoms with Gasteiger partial charge in [0.05, 0.1) is 7.11 Å². The fraction of sp³-hybridized carbons (Fsp3) is 0.429. The molecule has 1 saturated heterocycles. The predicted octanol–water partition coefficient (Wildman–Crippen LogP) is 2.71. The molecule has 0 spiro atoms. The maximum absolute atomic E-state index is 13.2. The van der Waals surface area contributed by atoms with E-state index >= 15 is 0 Å². The molecule has 2 aromatic rings. The average Bonchev–Trinajstić information content (AvgIpc) is 3.20. The van der Waals surface area contributed by atoms with E-state index < -0.39 is 0 Å². The second kappa shape index (κ2) is 7.47. The van der Waals surface area contributed by atoms with Crippen molar-refractivity contribution in [2.75, 3.05) is 20.2 Å². The minimum Gasteiger partial charge on any atom is -0.480 e. The van der Waals surface area contributed by atoms with Gasteiger partial charge in [0.2, 0.25) is 5.88 Å². The Labute approximate surface area is 158 Å². The van der Waals surface area contributed by atoms with Gasteiger partial charge in [0.25, 0.3) is 5.91 Å². The van der Waals surface area contributed by atoms with E-state index in [1.54, 1.807) is 30.3 Å². The number of methoxy groups -OCH3 is 1. The number of carbonyl (C=O) groups excluding carboxylic acids is 2. The van der Waals surface area contributed by atoms with Crippen LogP contribution in [-0.4, -0.2) is 46.8 Å². The number of carbonyl (C=O) groups is 2. The standard InChI is InChI=1S/C21H23N3O3/c1-27-20-16(12-14-6-4-9-17(14)23-20)21(26)24-11-5-7-15(13-24)19(25)18-8-2-3-10-22-18/h2-3,8,10,12,15H,4-7,9,11,13H2,1H3/t15-/m1/s1. The highest BCUT2D eigenvalue weighted by atomic mass is 16.5. The maximum Gasteiger partial charge on any atom is 0.259 e. The van der Waals surface area contributed by atoms with Crippen molar-refractivity contribution < 1.29 is 14.3 Å². The van der Waals surface area contributed by atoms with Gasteiger partial charge in [0.1, 0.15) is 11.3 Å². The van der Waals surface area contributed by atoms with E-state index in [0.717, 1.165) is 43.4 Å². The lowest BCUT2D eigenvalue weighted by Gasteiger charge is -2.32. The Balaban J connectivity index is 1.55. The van der Waals surface area contributed by atoms with Gasteiger partial charge in [-0.2, -0.15) is 0 Å². The van der Waals surface area contributed by atoms with E-state index in [-0.39, 0.29) is 17.6 Å². The number of ketones is 1. The molecule has 1 amide bonds. The Kier molecular flexibility index (Phi) is 4.88. The zero-order valence-corrected chi connectivity index (χ0v) is 15.5. The first-order valence-electron chi connectivity index (χ1n) is 9.48. The normalized spacial score (nSPS) is 18.9. The molecule has 2 aliphatic rings. The van der Waals surface area contributed by atoms with Crippen molar-refractivity contribution in [1.29, 1.82) is 0 Å². The topological polar surface area (TPSA) is 72.4 Å². The number of Topliss-reactive ketones (excluding diaryl/α,β-unsaturated/α-hetero) is 1. The minimum atomic E-state index is -0.217. The fourth-order valence-electron chi connectivity index (χ4n) is 4.03. The Hall–Kier alpha value is -2.76. The van der Waals surface area contributed by atoms with Gasteiger partial charge in [-0.25, -0.2) is 4.98 Å². The number of rotatable bonds is 4. The molecule has 1 fully saturated rings. The lowest BCUT2D eigenvalue weighted by molar-refractivity contribution is 0.0632. The largest absolute Gasteiger partial charge is 0.480 e. The summed E-state index contributed by atoms with van der Waals surface area (Å²) in [7, 11) is 1.55. The molecule has 0 N–H and O–H groups in total. The van der Waals surface area contributed by atoms with Gasteiger partial charge in [0.15, 0.2) is 5.78 Å². The molecule has 140 valence electrons. The van der Waals surface area contributed by atoms with E-state index in [2.05, 4.69) is 9.97 Å². The summed E-state index contributed by atoms with van der Waals surface area (Å²) >= 11 is 0. The Morgan fingerprint density at radius 2 is 2.11 bits per heavy atom. The molecular formula is C21H23N3O3. The zero-order valence-electron chi connectivity index (χ0n) is 15.5. The van der Waals surface area contributed by atoms with Crippen LogP contribution in [0.25, 0.3) is 0 Å². The number of aryl methyl sites for hydroxylation is 2. The summed E-state index contributed by atoms with van der Waals surface area (Å²) in [5.74, 6) is 0.0736. The monoisotopic (exact) mass is 365 g/mol. The highest BCUT2D eigenvalue weighted by molar-refractivity contribution is 5.99. The van der Waals surface area contributed by atoms with E-state index in [4.69, 9.17) is 4.74 Å². The molecule has 4 rings (SSSR count). The number of hydrogen-bond donors (Lipinski definition) is 0. The molecule has 27 heavy (non-hydrogen) atoms. The number of hydrogen-bond acceptors (Lipinski definition) is 5. The number of pyridine rings is 2. The summed E-state index contributed by atoms with van der Waals surface area (Å²) in [4.78, 5) is 36.4. The number of likely N-dealkylation sites (tertiary alicyclic amines) is 1. The van der Waals surface area contributed by atoms with Gasteiger partial charge < -0.3 is 9.64 Å². The molecule has 6 nitrogen and oxygen atoms in total. The summed E-state index contributed by atoms with van der Waals surface area (Å²) < 4.78 is 5.39. The second-order valence-electron chi connectivity index (χ2n) is 7.17. The molecular weight excluding hydrogens is 342 g/mol. The molecule has 1 aliphatic heterocycles. The Morgan fingerprint density at radius 3 is 2.89 bits per heavy atom. The highest BCUT2D eigenvalue weighted by Crippen LogP contribution is 2.29. The first kappa shape index (κ1) is 17.6. The van der Waals surface area contributed by atoms with Crippen LogP contribution in [0, 0.1) is 5.92 Å². The van der Waals surface area contributed by atoms with E-state index in [1.807, 2.05) is 12.1 Å². The van der Waals surface area contributed by atoms with Crippen molar-refractivity contribution in [3.8, 4) is 5.88 Å². The lowest BCUT2D eigenvalue weighted by Crippen LogP contribution is -2.42. The van der Waals surface area contributed by atoms with Crippen molar-refractivity contribution in [2.24, 2.45) is 5.92 Å². The van der Waals surface area contributed by atoms with Crippen LogP contribution < -0.4 is 4.74 Å². The smallest absolute Gasteiger partial charge is 0.259 e. The molecule has 1 aliphatic carbocycles. The summed E-state index contributed by atoms with van der Waals surface area (Å²) in [6, 6.07) is 7.27. The molecule has 0 bridgehead atoms. The van der Waals surface area contributed by atoms with E-state index in [9.17, 15) is 9.59 Å². The van der Waals surface area contributed by atoms with Gasteiger partial charge in [0, 0.05) is 30.9 Å². The zero-order chi connectivity index (χ0) is 18.8. The number of nitrogens with zero attached hydrogens (tertiary/aromatic N) is 3. The molecule has 1 atom stereocenters. The quantitative estimate of drug-likeness (QED) is 0.779. The summed E-state index contributed by atoms with van der Waals surface area (Å²) in [6.45, 7) is 1.06. The van der Waals surface area contributed by atoms with Crippen LogP contribution in [0.3, 0.4) is 0 Å². The molecule has 6 heteroatoms. The van der Waals surface area contributed by atoms with Crippen LogP contribution >= 0.6 is 0 Å². The van der Waals surface area contributed by atoms with E-state index in [1.165, 1.54) is 0 Å². The number of fused-ring (bicyclic) bond motifs is 1. The van der Waals surface area contributed by atoms with Crippen LogP contribution in [-0.2, 0) is 12.8 Å². The third-order valence-electron chi connectivity index (χ3n) is 5.44. The summed E-state index contributed by atoms with van der Waals surface area (Å²) in [6.07, 6.45) is 6.15. The van der Waals surface area contributed by atoms with Crippen LogP contribution in [0.15, 0.2) is 30.5 Å². The molecule has 3 heterocycles. The molecule has 0 saturated carbocycles. The third-order valence-corrected chi connectivity index (χ3v) is 5.44. The molecule has 0 aromatic carbocycles. The predicted molar refractivity (Wildman–Crippen MR) is 100 cm³/mol. The van der Waals surface area contributed by atoms with Gasteiger partial charge in [-0.15, -0.1) is 0 Å². The van der Waals surface area contributed by atoms with Gasteiger partial charge >= 0.3 is 0 Å². The van der Waals surface area contributed by atoms with Crippen molar-refractivity contribution in [2.45, 2.75) is 32.1 Å². The summed E-state index contributed by atoms with van der Waals surface area (Å²) in [5, 5.41) is 0. The van der Waals surface area contributed by atoms with Crippen molar-refractivity contribution >= 4 is 11.7 Å². The van der Waals surface area contributed by atoms with Gasteiger partial charge in [-0.1, -0.05) is 6.07 Å². The molecule has 0 unspecified atom stereocenters. The van der Waals surface area contributed by atoms with Crippen LogP contribution in [0.5, 0.6) is 5.88 Å². The highest BCUT2D eigenvalue weighted by Gasteiger charge is 2.32. The SMILES string of the molecule is COc1nc2c(cc1C(=O)N1CCC[C@@H](C(=O)c3ccccn3)C1)CCC2. The number of aromatic nitrogens is 2. The lowest BCUT2D eigenvalue weighted by atomic mass is 9.91. The Morgan fingerprint density at radius 1 is 1.22 bits per heavy atom. The second-order valence-corrected chi connectivity index (χ2v) is 7.17. The summed E-state index contributed by atoms with van der Waals surface area (Å²) in [5.41, 5.74) is 3.14. The third kappa shape index (κ3) is 3.44. The van der Waals surface area contributed by atoms with Crippen molar-refractivity contribution in [1.82, 2.24) is 14.9 Å². The van der Waals surface area contributed by atoms with Crippen LogP contribution in [0.1, 0.15) is 51.4 Å². The fourth-order valence-corrected chi connectivity index (χ4v) is 4.03. The first-order valence-corrected chi connectivity index (χ1v) is 9.48. The van der Waals surface area contributed by atoms with Gasteiger partial charge in [-0.05, 0) is 55.9 Å². The van der Waals surface area contributed by atoms with Crippen molar-refractivity contribution in [3.05, 3.63) is 53.0 Å². The minimum absolute atomic E-state index is 0.00661. The number of piperidine rings is 1. The Bertz CT molecular complexity index is 866.